The Morgan fingerprint density at radius 1 is 0.305 bits per heavy atom. The van der Waals surface area contributed by atoms with Crippen molar-refractivity contribution in [3.63, 3.8) is 0 Å². The van der Waals surface area contributed by atoms with Crippen LogP contribution in [-0.2, 0) is 0 Å². The summed E-state index contributed by atoms with van der Waals surface area (Å²) in [5.41, 5.74) is 0. The van der Waals surface area contributed by atoms with Crippen LogP contribution in [0.5, 0.6) is 0 Å². The molecule has 12 bridgehead atoms. The van der Waals surface area contributed by atoms with Crippen molar-refractivity contribution < 1.29 is 25.5 Å². The van der Waals surface area contributed by atoms with Crippen LogP contribution in [-0.4, -0.2) is 56.1 Å². The second-order valence-corrected chi connectivity index (χ2v) is 23.8. The van der Waals surface area contributed by atoms with Gasteiger partial charge in [-0.1, -0.05) is 60.8 Å². The third kappa shape index (κ3) is 6.60. The monoisotopic (exact) mass is 805 g/mol. The predicted octanol–water partition coefficient (Wildman–Crippen LogP) is 8.92. The summed E-state index contributed by atoms with van der Waals surface area (Å²) in [6.45, 7) is 0. The lowest BCUT2D eigenvalue weighted by Crippen LogP contribution is -2.38. The van der Waals surface area contributed by atoms with E-state index in [1.165, 1.54) is 77.0 Å². The van der Waals surface area contributed by atoms with Gasteiger partial charge in [-0.05, 0) is 233 Å². The standard InChI is InChI=1S/C14H20O.C12H16O.C11H16O.C10H14O.C7H10O/c15-14-7-10-6-13(14)12-5-9-3-1-2-8(9)4-11(10)12;13-10-5-8-4-9(10)12-7-2-1-6(3-7)11(8)12;12-11-6-7-5-10(11)9-4-2-1-3-8(7)9;11-10-5-6-4-9(10)8-3-1-2-7(6)8;8-7-4-5-1-2-6(7)3-5/h1,3,8-15H,2,4-7H2;1-2,6-13H,3-5H2;2,4,7-12H,1,3,5-6H2;1,3,6-11H,2,4-5H2;1-2,5-8H,3-4H2. The van der Waals surface area contributed by atoms with Gasteiger partial charge in [-0.15, -0.1) is 0 Å². The lowest BCUT2D eigenvalue weighted by molar-refractivity contribution is 0.0124. The molecule has 16 aliphatic rings. The molecule has 16 aliphatic carbocycles. The average molecular weight is 805 g/mol. The molecular formula is C54H76O5. The fourth-order valence-electron chi connectivity index (χ4n) is 19.2. The minimum Gasteiger partial charge on any atom is -0.393 e. The summed E-state index contributed by atoms with van der Waals surface area (Å²) in [6.07, 6.45) is 45.1. The highest BCUT2D eigenvalue weighted by molar-refractivity contribution is 5.21. The SMILES string of the molecule is OC1CC2C=CC1C2.OC1CC2CC1C1C3C=CC(C3)C21.OC1CC2CC1C1C=CCC21.OC1CC2CC1C1C=CCCC21.OC1CC2CC1C1CC3C=CCC3CC21. The molecule has 0 aromatic carbocycles. The summed E-state index contributed by atoms with van der Waals surface area (Å²) < 4.78 is 0. The van der Waals surface area contributed by atoms with Crippen LogP contribution in [0.3, 0.4) is 0 Å². The van der Waals surface area contributed by atoms with Gasteiger partial charge in [0.1, 0.15) is 0 Å². The third-order valence-electron chi connectivity index (χ3n) is 21.6. The number of aliphatic hydroxyl groups excluding tert-OH is 5. The summed E-state index contributed by atoms with van der Waals surface area (Å²) in [7, 11) is 0. The van der Waals surface area contributed by atoms with E-state index in [0.717, 1.165) is 133 Å². The van der Waals surface area contributed by atoms with Crippen LogP contribution in [0.25, 0.3) is 0 Å². The first kappa shape index (κ1) is 39.1. The molecule has 59 heavy (non-hydrogen) atoms. The Morgan fingerprint density at radius 3 is 1.63 bits per heavy atom. The molecule has 0 aromatic rings. The van der Waals surface area contributed by atoms with Gasteiger partial charge >= 0.3 is 0 Å². The van der Waals surface area contributed by atoms with Crippen molar-refractivity contribution in [2.45, 2.75) is 140 Å². The highest BCUT2D eigenvalue weighted by Gasteiger charge is 2.61. The lowest BCUT2D eigenvalue weighted by Gasteiger charge is -2.42. The number of fused-ring (bicyclic) bond motifs is 27. The summed E-state index contributed by atoms with van der Waals surface area (Å²) in [4.78, 5) is 0. The molecule has 27 unspecified atom stereocenters. The van der Waals surface area contributed by atoms with Crippen LogP contribution >= 0.6 is 0 Å². The molecule has 0 heterocycles. The third-order valence-corrected chi connectivity index (χ3v) is 21.6. The molecule has 5 N–H and O–H groups in total. The quantitative estimate of drug-likeness (QED) is 0.125. The molecule has 0 radical (unpaired) electrons. The van der Waals surface area contributed by atoms with Crippen LogP contribution in [0.1, 0.15) is 109 Å². The molecular weight excluding hydrogens is 729 g/mol. The van der Waals surface area contributed by atoms with Crippen molar-refractivity contribution in [2.24, 2.45) is 130 Å². The van der Waals surface area contributed by atoms with E-state index < -0.39 is 0 Å². The zero-order chi connectivity index (χ0) is 39.7. The Morgan fingerprint density at radius 2 is 0.898 bits per heavy atom. The van der Waals surface area contributed by atoms with E-state index in [2.05, 4.69) is 60.8 Å². The second-order valence-electron chi connectivity index (χ2n) is 23.8. The van der Waals surface area contributed by atoms with Gasteiger partial charge in [-0.3, -0.25) is 0 Å². The summed E-state index contributed by atoms with van der Waals surface area (Å²) in [5.74, 6) is 18.0. The molecule has 5 nitrogen and oxygen atoms in total. The van der Waals surface area contributed by atoms with E-state index in [1.807, 2.05) is 0 Å². The molecule has 0 saturated heterocycles. The minimum atomic E-state index is -0.00926. The molecule has 0 aromatic heterocycles. The molecule has 27 atom stereocenters. The molecule has 0 aliphatic heterocycles. The van der Waals surface area contributed by atoms with Gasteiger partial charge in [-0.2, -0.15) is 0 Å². The fourth-order valence-corrected chi connectivity index (χ4v) is 19.2. The maximum atomic E-state index is 9.98. The van der Waals surface area contributed by atoms with E-state index in [-0.39, 0.29) is 30.5 Å². The Bertz CT molecular complexity index is 1710. The first-order valence-corrected chi connectivity index (χ1v) is 25.5. The van der Waals surface area contributed by atoms with Crippen molar-refractivity contribution in [1.29, 1.82) is 0 Å². The molecule has 0 spiro atoms. The molecule has 5 heteroatoms. The largest absolute Gasteiger partial charge is 0.393 e. The minimum absolute atomic E-state index is 0.00926. The highest BCUT2D eigenvalue weighted by atomic mass is 16.3. The van der Waals surface area contributed by atoms with Crippen LogP contribution in [0.15, 0.2) is 60.8 Å². The lowest BCUT2D eigenvalue weighted by atomic mass is 9.64. The smallest absolute Gasteiger partial charge is 0.0608 e. The van der Waals surface area contributed by atoms with Gasteiger partial charge in [0.25, 0.3) is 0 Å². The van der Waals surface area contributed by atoms with Gasteiger partial charge in [0.2, 0.25) is 0 Å². The second kappa shape index (κ2) is 15.3. The Kier molecular flexibility index (Phi) is 10.2. The number of hydrogen-bond acceptors (Lipinski definition) is 5. The maximum absolute atomic E-state index is 9.98. The van der Waals surface area contributed by atoms with Gasteiger partial charge < -0.3 is 25.5 Å². The normalized spacial score (nSPS) is 59.3. The van der Waals surface area contributed by atoms with Crippen molar-refractivity contribution in [3.05, 3.63) is 60.8 Å². The average Bonchev–Trinajstić information content (AvgIpc) is 4.07. The highest BCUT2D eigenvalue weighted by Crippen LogP contribution is 2.66. The van der Waals surface area contributed by atoms with E-state index in [4.69, 9.17) is 5.11 Å². The molecule has 322 valence electrons. The van der Waals surface area contributed by atoms with E-state index in [0.29, 0.717) is 29.6 Å². The summed E-state index contributed by atoms with van der Waals surface area (Å²) in [5, 5.41) is 48.4. The van der Waals surface area contributed by atoms with Crippen LogP contribution in [0.2, 0.25) is 0 Å². The van der Waals surface area contributed by atoms with Crippen molar-refractivity contribution >= 4 is 0 Å². The Labute approximate surface area is 355 Å². The first-order valence-electron chi connectivity index (χ1n) is 25.5. The number of allylic oxidation sites excluding steroid dienone is 9. The zero-order valence-electron chi connectivity index (χ0n) is 35.6. The van der Waals surface area contributed by atoms with E-state index in [9.17, 15) is 20.4 Å². The van der Waals surface area contributed by atoms with Crippen LogP contribution < -0.4 is 0 Å². The van der Waals surface area contributed by atoms with Gasteiger partial charge in [-0.25, -0.2) is 0 Å². The number of hydrogen-bond donors (Lipinski definition) is 5. The number of rotatable bonds is 0. The molecule has 0 amide bonds. The Hall–Kier alpha value is -1.50. The first-order chi connectivity index (χ1) is 28.8. The van der Waals surface area contributed by atoms with Crippen molar-refractivity contribution in [1.82, 2.24) is 0 Å². The van der Waals surface area contributed by atoms with Gasteiger partial charge in [0.05, 0.1) is 30.5 Å². The van der Waals surface area contributed by atoms with Gasteiger partial charge in [0.15, 0.2) is 0 Å². The summed E-state index contributed by atoms with van der Waals surface area (Å²) >= 11 is 0. The van der Waals surface area contributed by atoms with Crippen molar-refractivity contribution in [2.75, 3.05) is 0 Å². The fraction of sp³-hybridized carbons (Fsp3) is 0.815. The van der Waals surface area contributed by atoms with Gasteiger partial charge in [0, 0.05) is 5.92 Å². The van der Waals surface area contributed by atoms with E-state index >= 15 is 0 Å². The maximum Gasteiger partial charge on any atom is 0.0608 e. The molecule has 11 saturated carbocycles. The topological polar surface area (TPSA) is 101 Å². The molecule has 11 fully saturated rings. The number of aliphatic hydroxyl groups is 5. The van der Waals surface area contributed by atoms with Crippen LogP contribution in [0, 0.1) is 130 Å². The Balaban J connectivity index is 0.0000000809. The summed E-state index contributed by atoms with van der Waals surface area (Å²) in [6, 6.07) is 0. The molecule has 16 rings (SSSR count). The van der Waals surface area contributed by atoms with E-state index in [1.54, 1.807) is 0 Å². The predicted molar refractivity (Wildman–Crippen MR) is 231 cm³/mol. The zero-order valence-corrected chi connectivity index (χ0v) is 35.6. The van der Waals surface area contributed by atoms with Crippen molar-refractivity contribution in [3.8, 4) is 0 Å². The van der Waals surface area contributed by atoms with Crippen LogP contribution in [0.4, 0.5) is 0 Å².